The summed E-state index contributed by atoms with van der Waals surface area (Å²) in [5.41, 5.74) is 4.59. The highest BCUT2D eigenvalue weighted by Crippen LogP contribution is 2.31. The van der Waals surface area contributed by atoms with Crippen molar-refractivity contribution in [3.05, 3.63) is 36.2 Å². The summed E-state index contributed by atoms with van der Waals surface area (Å²) in [5, 5.41) is 17.3. The van der Waals surface area contributed by atoms with Gasteiger partial charge in [-0.15, -0.1) is 10.2 Å². The molecule has 2 heterocycles. The van der Waals surface area contributed by atoms with E-state index in [1.165, 1.54) is 5.56 Å². The molecule has 0 amide bonds. The van der Waals surface area contributed by atoms with Crippen molar-refractivity contribution < 1.29 is 0 Å². The summed E-state index contributed by atoms with van der Waals surface area (Å²) in [7, 11) is 3.77. The lowest BCUT2D eigenvalue weighted by atomic mass is 10.0. The predicted octanol–water partition coefficient (Wildman–Crippen LogP) is 2.96. The fourth-order valence-corrected chi connectivity index (χ4v) is 2.87. The highest BCUT2D eigenvalue weighted by Gasteiger charge is 2.10. The van der Waals surface area contributed by atoms with Gasteiger partial charge in [-0.3, -0.25) is 4.68 Å². The SMILES string of the molecule is CNc1nnc(-c2ccc(-c3cnn(C)c3)cc2C)s1. The molecular weight excluding hydrogens is 270 g/mol. The normalized spacial score (nSPS) is 10.8. The Morgan fingerprint density at radius 3 is 2.65 bits per heavy atom. The Bertz CT molecular complexity index is 744. The number of hydrogen-bond acceptors (Lipinski definition) is 5. The van der Waals surface area contributed by atoms with E-state index in [1.807, 2.05) is 31.2 Å². The van der Waals surface area contributed by atoms with Crippen molar-refractivity contribution in [2.24, 2.45) is 7.05 Å². The molecule has 1 N–H and O–H groups in total. The maximum absolute atomic E-state index is 4.21. The van der Waals surface area contributed by atoms with Crippen LogP contribution in [0.5, 0.6) is 0 Å². The predicted molar refractivity (Wildman–Crippen MR) is 81.8 cm³/mol. The molecule has 0 unspecified atom stereocenters. The third kappa shape index (κ3) is 2.30. The lowest BCUT2D eigenvalue weighted by Crippen LogP contribution is -1.86. The van der Waals surface area contributed by atoms with E-state index in [0.717, 1.165) is 26.8 Å². The Morgan fingerprint density at radius 2 is 2.05 bits per heavy atom. The van der Waals surface area contributed by atoms with Gasteiger partial charge < -0.3 is 5.32 Å². The molecule has 102 valence electrons. The van der Waals surface area contributed by atoms with Gasteiger partial charge in [0.25, 0.3) is 0 Å². The molecule has 0 aliphatic carbocycles. The van der Waals surface area contributed by atoms with Gasteiger partial charge in [-0.25, -0.2) is 0 Å². The maximum Gasteiger partial charge on any atom is 0.205 e. The molecule has 1 aromatic carbocycles. The van der Waals surface area contributed by atoms with Crippen LogP contribution in [0.15, 0.2) is 30.6 Å². The fourth-order valence-electron chi connectivity index (χ4n) is 2.09. The van der Waals surface area contributed by atoms with E-state index in [-0.39, 0.29) is 0 Å². The summed E-state index contributed by atoms with van der Waals surface area (Å²) >= 11 is 1.56. The zero-order chi connectivity index (χ0) is 14.1. The summed E-state index contributed by atoms with van der Waals surface area (Å²) < 4.78 is 1.81. The number of aryl methyl sites for hydroxylation is 2. The standard InChI is InChI=1S/C14H15N5S/c1-9-6-10(11-7-16-19(3)8-11)4-5-12(9)13-17-18-14(15-2)20-13/h4-8H,1-3H3,(H,15,18). The van der Waals surface area contributed by atoms with Gasteiger partial charge in [0.1, 0.15) is 5.01 Å². The van der Waals surface area contributed by atoms with Crippen LogP contribution in [0.1, 0.15) is 5.56 Å². The molecule has 0 aliphatic rings. The zero-order valence-electron chi connectivity index (χ0n) is 11.6. The van der Waals surface area contributed by atoms with Gasteiger partial charge in [-0.2, -0.15) is 5.10 Å². The van der Waals surface area contributed by atoms with E-state index >= 15 is 0 Å². The molecule has 0 bridgehead atoms. The molecule has 0 saturated carbocycles. The number of benzene rings is 1. The quantitative estimate of drug-likeness (QED) is 0.804. The Hall–Kier alpha value is -2.21. The first-order chi connectivity index (χ1) is 9.67. The second-order valence-corrected chi connectivity index (χ2v) is 5.57. The second kappa shape index (κ2) is 5.05. The van der Waals surface area contributed by atoms with Crippen LogP contribution in [0, 0.1) is 6.92 Å². The van der Waals surface area contributed by atoms with E-state index < -0.39 is 0 Å². The van der Waals surface area contributed by atoms with Crippen molar-refractivity contribution >= 4 is 16.5 Å². The van der Waals surface area contributed by atoms with Crippen LogP contribution in [0.25, 0.3) is 21.7 Å². The molecule has 0 atom stereocenters. The van der Waals surface area contributed by atoms with E-state index in [0.29, 0.717) is 0 Å². The molecule has 0 aliphatic heterocycles. The van der Waals surface area contributed by atoms with E-state index in [1.54, 1.807) is 11.3 Å². The molecule has 20 heavy (non-hydrogen) atoms. The van der Waals surface area contributed by atoms with Crippen molar-refractivity contribution in [2.75, 3.05) is 12.4 Å². The monoisotopic (exact) mass is 285 g/mol. The topological polar surface area (TPSA) is 55.6 Å². The van der Waals surface area contributed by atoms with Crippen molar-refractivity contribution in [1.29, 1.82) is 0 Å². The molecular formula is C14H15N5S. The molecule has 0 saturated heterocycles. The molecule has 3 aromatic rings. The maximum atomic E-state index is 4.21. The fraction of sp³-hybridized carbons (Fsp3) is 0.214. The van der Waals surface area contributed by atoms with Crippen molar-refractivity contribution in [3.63, 3.8) is 0 Å². The summed E-state index contributed by atoms with van der Waals surface area (Å²) in [6.07, 6.45) is 3.89. The molecule has 2 aromatic heterocycles. The summed E-state index contributed by atoms with van der Waals surface area (Å²) in [6.45, 7) is 2.09. The minimum absolute atomic E-state index is 0.829. The average molecular weight is 285 g/mol. The third-order valence-corrected chi connectivity index (χ3v) is 4.11. The Balaban J connectivity index is 1.99. The van der Waals surface area contributed by atoms with Crippen LogP contribution >= 0.6 is 11.3 Å². The third-order valence-electron chi connectivity index (χ3n) is 3.13. The van der Waals surface area contributed by atoms with E-state index in [9.17, 15) is 0 Å². The lowest BCUT2D eigenvalue weighted by Gasteiger charge is -2.04. The molecule has 3 rings (SSSR count). The first-order valence-corrected chi connectivity index (χ1v) is 7.10. The minimum atomic E-state index is 0.829. The first-order valence-electron chi connectivity index (χ1n) is 6.28. The van der Waals surface area contributed by atoms with Gasteiger partial charge in [0.15, 0.2) is 0 Å². The number of hydrogen-bond donors (Lipinski definition) is 1. The van der Waals surface area contributed by atoms with Crippen LogP contribution in [0.3, 0.4) is 0 Å². The van der Waals surface area contributed by atoms with Crippen LogP contribution in [-0.2, 0) is 7.05 Å². The van der Waals surface area contributed by atoms with Crippen LogP contribution in [0.2, 0.25) is 0 Å². The average Bonchev–Trinajstić information content (AvgIpc) is 3.07. The Morgan fingerprint density at radius 1 is 1.20 bits per heavy atom. The second-order valence-electron chi connectivity index (χ2n) is 4.59. The number of rotatable bonds is 3. The lowest BCUT2D eigenvalue weighted by molar-refractivity contribution is 0.768. The summed E-state index contributed by atoms with van der Waals surface area (Å²) in [5.74, 6) is 0. The highest BCUT2D eigenvalue weighted by molar-refractivity contribution is 7.18. The van der Waals surface area contributed by atoms with Gasteiger partial charge >= 0.3 is 0 Å². The highest BCUT2D eigenvalue weighted by atomic mass is 32.1. The van der Waals surface area contributed by atoms with E-state index in [2.05, 4.69) is 45.7 Å². The zero-order valence-corrected chi connectivity index (χ0v) is 12.4. The minimum Gasteiger partial charge on any atom is -0.363 e. The van der Waals surface area contributed by atoms with Crippen molar-refractivity contribution in [2.45, 2.75) is 6.92 Å². The van der Waals surface area contributed by atoms with Crippen LogP contribution in [-0.4, -0.2) is 27.0 Å². The van der Waals surface area contributed by atoms with E-state index in [4.69, 9.17) is 0 Å². The molecule has 6 heteroatoms. The number of nitrogens with one attached hydrogen (secondary N) is 1. The summed E-state index contributed by atoms with van der Waals surface area (Å²) in [6, 6.07) is 6.35. The smallest absolute Gasteiger partial charge is 0.205 e. The van der Waals surface area contributed by atoms with Gasteiger partial charge in [0.2, 0.25) is 5.13 Å². The van der Waals surface area contributed by atoms with Crippen molar-refractivity contribution in [3.8, 4) is 21.7 Å². The Labute approximate surface area is 121 Å². The van der Waals surface area contributed by atoms with Gasteiger partial charge in [0.05, 0.1) is 6.20 Å². The molecule has 0 radical (unpaired) electrons. The first kappa shape index (κ1) is 12.8. The number of aromatic nitrogens is 4. The summed E-state index contributed by atoms with van der Waals surface area (Å²) in [4.78, 5) is 0. The largest absolute Gasteiger partial charge is 0.363 e. The van der Waals surface area contributed by atoms with Gasteiger partial charge in [0, 0.05) is 31.4 Å². The van der Waals surface area contributed by atoms with Crippen LogP contribution in [0.4, 0.5) is 5.13 Å². The van der Waals surface area contributed by atoms with Crippen LogP contribution < -0.4 is 5.32 Å². The van der Waals surface area contributed by atoms with Gasteiger partial charge in [-0.1, -0.05) is 29.5 Å². The number of nitrogens with zero attached hydrogens (tertiary/aromatic N) is 4. The molecule has 0 fully saturated rings. The Kier molecular flexibility index (Phi) is 3.23. The molecule has 0 spiro atoms. The van der Waals surface area contributed by atoms with Gasteiger partial charge in [-0.05, 0) is 18.1 Å². The van der Waals surface area contributed by atoms with Crippen molar-refractivity contribution in [1.82, 2.24) is 20.0 Å². The molecule has 5 nitrogen and oxygen atoms in total. The number of anilines is 1.